The first-order valence-corrected chi connectivity index (χ1v) is 12.2. The Hall–Kier alpha value is -4.34. The summed E-state index contributed by atoms with van der Waals surface area (Å²) in [5.74, 6) is -0.837. The van der Waals surface area contributed by atoms with Gasteiger partial charge in [-0.05, 0) is 76.6 Å². The highest BCUT2D eigenvalue weighted by Gasteiger charge is 2.18. The number of alkyl carbamates (subject to hydrolysis) is 2. The molecule has 3 aromatic carbocycles. The largest absolute Gasteiger partial charge is 0.444 e. The maximum absolute atomic E-state index is 12.5. The second-order valence-corrected chi connectivity index (χ2v) is 10.7. The molecule has 0 aliphatic rings. The quantitative estimate of drug-likeness (QED) is 0.340. The van der Waals surface area contributed by atoms with Crippen LogP contribution >= 0.6 is 0 Å². The van der Waals surface area contributed by atoms with Crippen LogP contribution in [0.2, 0.25) is 0 Å². The van der Waals surface area contributed by atoms with Crippen molar-refractivity contribution in [2.75, 3.05) is 23.7 Å². The van der Waals surface area contributed by atoms with E-state index in [1.54, 1.807) is 53.7 Å². The van der Waals surface area contributed by atoms with Crippen LogP contribution in [0.4, 0.5) is 21.0 Å². The Morgan fingerprint density at radius 1 is 0.632 bits per heavy atom. The van der Waals surface area contributed by atoms with Crippen molar-refractivity contribution in [3.05, 3.63) is 48.5 Å². The molecule has 10 nitrogen and oxygen atoms in total. The summed E-state index contributed by atoms with van der Waals surface area (Å²) in [6, 6.07) is 14.8. The van der Waals surface area contributed by atoms with E-state index in [1.807, 2.05) is 36.4 Å². The fourth-order valence-corrected chi connectivity index (χ4v) is 3.59. The standard InChI is InChI=1S/C28H34N4O6/c1-27(2,3)37-25(35)29-15-23(33)31-21-11-7-9-17-13-18-10-8-12-22(20(18)14-19(17)21)32-24(34)16-30-26(36)38-28(4,5)6/h7-14H,15-16H2,1-6H3,(H,29,35)(H,30,36)(H,31,33)(H,32,34). The lowest BCUT2D eigenvalue weighted by Gasteiger charge is -2.19. The minimum Gasteiger partial charge on any atom is -0.444 e. The van der Waals surface area contributed by atoms with Gasteiger partial charge >= 0.3 is 12.2 Å². The van der Waals surface area contributed by atoms with E-state index in [2.05, 4.69) is 21.3 Å². The van der Waals surface area contributed by atoms with Gasteiger partial charge in [0.15, 0.2) is 0 Å². The summed E-state index contributed by atoms with van der Waals surface area (Å²) in [7, 11) is 0. The molecular weight excluding hydrogens is 488 g/mol. The van der Waals surface area contributed by atoms with E-state index in [0.717, 1.165) is 21.5 Å². The number of benzene rings is 3. The van der Waals surface area contributed by atoms with Crippen molar-refractivity contribution in [1.29, 1.82) is 0 Å². The van der Waals surface area contributed by atoms with Crippen LogP contribution in [-0.4, -0.2) is 48.3 Å². The van der Waals surface area contributed by atoms with Crippen LogP contribution in [0.1, 0.15) is 41.5 Å². The summed E-state index contributed by atoms with van der Waals surface area (Å²) in [5, 5.41) is 13.8. The van der Waals surface area contributed by atoms with Crippen molar-refractivity contribution in [2.24, 2.45) is 0 Å². The van der Waals surface area contributed by atoms with Crippen LogP contribution in [0.15, 0.2) is 48.5 Å². The maximum atomic E-state index is 12.5. The molecule has 0 aromatic heterocycles. The van der Waals surface area contributed by atoms with E-state index < -0.39 is 35.2 Å². The van der Waals surface area contributed by atoms with Gasteiger partial charge in [-0.15, -0.1) is 0 Å². The Morgan fingerprint density at radius 2 is 1.03 bits per heavy atom. The molecule has 0 fully saturated rings. The third-order valence-corrected chi connectivity index (χ3v) is 5.01. The number of anilines is 2. The Bertz CT molecular complexity index is 1270. The maximum Gasteiger partial charge on any atom is 0.408 e. The first kappa shape index (κ1) is 28.2. The molecule has 10 heteroatoms. The van der Waals surface area contributed by atoms with Crippen molar-refractivity contribution < 1.29 is 28.7 Å². The number of amides is 4. The average Bonchev–Trinajstić information content (AvgIpc) is 2.79. The monoisotopic (exact) mass is 522 g/mol. The molecule has 0 unspecified atom stereocenters. The summed E-state index contributed by atoms with van der Waals surface area (Å²) in [6.07, 6.45) is -1.36. The number of carbonyl (C=O) groups is 4. The van der Waals surface area contributed by atoms with Gasteiger partial charge in [-0.1, -0.05) is 24.3 Å². The zero-order valence-corrected chi connectivity index (χ0v) is 22.5. The molecule has 3 rings (SSSR count). The number of ether oxygens (including phenoxy) is 2. The molecule has 0 atom stereocenters. The third-order valence-electron chi connectivity index (χ3n) is 5.01. The van der Waals surface area contributed by atoms with Crippen molar-refractivity contribution in [2.45, 2.75) is 52.7 Å². The van der Waals surface area contributed by atoms with Crippen LogP contribution in [0.25, 0.3) is 21.5 Å². The van der Waals surface area contributed by atoms with E-state index in [0.29, 0.717) is 11.4 Å². The summed E-state index contributed by atoms with van der Waals surface area (Å²) in [5.41, 5.74) is -0.243. The molecule has 202 valence electrons. The summed E-state index contributed by atoms with van der Waals surface area (Å²) in [6.45, 7) is 9.91. The number of carbonyl (C=O) groups excluding carboxylic acids is 4. The van der Waals surface area contributed by atoms with Crippen molar-refractivity contribution in [3.8, 4) is 0 Å². The second-order valence-electron chi connectivity index (χ2n) is 10.7. The molecule has 0 saturated heterocycles. The van der Waals surface area contributed by atoms with Gasteiger partial charge in [0.2, 0.25) is 11.8 Å². The first-order valence-electron chi connectivity index (χ1n) is 12.2. The molecule has 0 aliphatic heterocycles. The highest BCUT2D eigenvalue weighted by atomic mass is 16.6. The predicted molar refractivity (Wildman–Crippen MR) is 147 cm³/mol. The topological polar surface area (TPSA) is 135 Å². The van der Waals surface area contributed by atoms with Gasteiger partial charge in [0.05, 0.1) is 0 Å². The molecule has 0 saturated carbocycles. The highest BCUT2D eigenvalue weighted by molar-refractivity contribution is 6.12. The zero-order valence-electron chi connectivity index (χ0n) is 22.5. The van der Waals surface area contributed by atoms with Crippen molar-refractivity contribution in [1.82, 2.24) is 10.6 Å². The average molecular weight is 523 g/mol. The van der Waals surface area contributed by atoms with E-state index in [9.17, 15) is 19.2 Å². The van der Waals surface area contributed by atoms with Crippen molar-refractivity contribution in [3.63, 3.8) is 0 Å². The Labute approximate surface area is 221 Å². The van der Waals surface area contributed by atoms with E-state index in [4.69, 9.17) is 9.47 Å². The number of fused-ring (bicyclic) bond motifs is 2. The van der Waals surface area contributed by atoms with Gasteiger partial charge in [-0.25, -0.2) is 9.59 Å². The lowest BCUT2D eigenvalue weighted by atomic mass is 10.0. The lowest BCUT2D eigenvalue weighted by molar-refractivity contribution is -0.116. The molecule has 4 N–H and O–H groups in total. The zero-order chi connectivity index (χ0) is 28.1. The molecule has 0 heterocycles. The van der Waals surface area contributed by atoms with Gasteiger partial charge in [0.25, 0.3) is 0 Å². The molecule has 0 bridgehead atoms. The van der Waals surface area contributed by atoms with E-state index in [-0.39, 0.29) is 13.1 Å². The van der Waals surface area contributed by atoms with Crippen molar-refractivity contribution >= 4 is 56.9 Å². The van der Waals surface area contributed by atoms with Gasteiger partial charge in [-0.2, -0.15) is 0 Å². The number of hydrogen-bond donors (Lipinski definition) is 4. The third kappa shape index (κ3) is 8.36. The number of nitrogens with one attached hydrogen (secondary N) is 4. The number of rotatable bonds is 6. The van der Waals surface area contributed by atoms with E-state index >= 15 is 0 Å². The number of hydrogen-bond acceptors (Lipinski definition) is 6. The molecule has 3 aromatic rings. The smallest absolute Gasteiger partial charge is 0.408 e. The summed E-state index contributed by atoms with van der Waals surface area (Å²) < 4.78 is 10.3. The van der Waals surface area contributed by atoms with Gasteiger partial charge in [-0.3, -0.25) is 9.59 Å². The molecule has 0 spiro atoms. The van der Waals surface area contributed by atoms with Crippen LogP contribution in [0.3, 0.4) is 0 Å². The minimum absolute atomic E-state index is 0.259. The van der Waals surface area contributed by atoms with Crippen LogP contribution in [-0.2, 0) is 19.1 Å². The highest BCUT2D eigenvalue weighted by Crippen LogP contribution is 2.32. The molecule has 38 heavy (non-hydrogen) atoms. The summed E-state index contributed by atoms with van der Waals surface area (Å²) >= 11 is 0. The normalized spacial score (nSPS) is 11.5. The first-order chi connectivity index (χ1) is 17.7. The van der Waals surface area contributed by atoms with Gasteiger partial charge in [0, 0.05) is 22.1 Å². The van der Waals surface area contributed by atoms with Gasteiger partial charge < -0.3 is 30.7 Å². The Kier molecular flexibility index (Phi) is 8.45. The Morgan fingerprint density at radius 3 is 1.39 bits per heavy atom. The van der Waals surface area contributed by atoms with Gasteiger partial charge in [0.1, 0.15) is 24.3 Å². The Balaban J connectivity index is 1.76. The predicted octanol–water partition coefficient (Wildman–Crippen LogP) is 4.92. The molecule has 0 radical (unpaired) electrons. The van der Waals surface area contributed by atoms with Crippen LogP contribution in [0.5, 0.6) is 0 Å². The molecule has 0 aliphatic carbocycles. The fourth-order valence-electron chi connectivity index (χ4n) is 3.59. The van der Waals surface area contributed by atoms with E-state index in [1.165, 1.54) is 0 Å². The SMILES string of the molecule is CC(C)(C)OC(=O)NCC(=O)Nc1cccc2cc3cccc(NC(=O)CNC(=O)OC(C)(C)C)c3cc12. The van der Waals surface area contributed by atoms with Crippen LogP contribution in [0, 0.1) is 0 Å². The summed E-state index contributed by atoms with van der Waals surface area (Å²) in [4.78, 5) is 48.8. The fraction of sp³-hybridized carbons (Fsp3) is 0.357. The minimum atomic E-state index is -0.682. The molecule has 4 amide bonds. The second kappa shape index (κ2) is 11.4. The van der Waals surface area contributed by atoms with Crippen LogP contribution < -0.4 is 21.3 Å². The lowest BCUT2D eigenvalue weighted by Crippen LogP contribution is -2.37. The molecular formula is C28H34N4O6.